The number of hydrogen-bond acceptors (Lipinski definition) is 4. The van der Waals surface area contributed by atoms with Crippen LogP contribution in [0.1, 0.15) is 10.4 Å². The summed E-state index contributed by atoms with van der Waals surface area (Å²) >= 11 is 4.31. The van der Waals surface area contributed by atoms with Gasteiger partial charge in [-0.05, 0) is 30.4 Å². The summed E-state index contributed by atoms with van der Waals surface area (Å²) in [6.45, 7) is 0. The van der Waals surface area contributed by atoms with Gasteiger partial charge in [0.05, 0.1) is 10.1 Å². The van der Waals surface area contributed by atoms with Gasteiger partial charge in [-0.2, -0.15) is 4.99 Å². The van der Waals surface area contributed by atoms with E-state index >= 15 is 0 Å². The van der Waals surface area contributed by atoms with Gasteiger partial charge in [-0.3, -0.25) is 4.79 Å². The zero-order valence-corrected chi connectivity index (χ0v) is 10.9. The monoisotopic (exact) mass is 270 g/mol. The number of isothiocyanates is 1. The maximum Gasteiger partial charge on any atom is 0.285 e. The quantitative estimate of drug-likeness (QED) is 0.611. The van der Waals surface area contributed by atoms with Gasteiger partial charge in [-0.25, -0.2) is 12.7 Å². The lowest BCUT2D eigenvalue weighted by molar-refractivity contribution is 0.100. The molecule has 90 valence electrons. The summed E-state index contributed by atoms with van der Waals surface area (Å²) in [5.41, 5.74) is 0.158. The number of carbonyl (C=O) groups excluding carboxylic acids is 1. The number of hydrogen-bond donors (Lipinski definition) is 0. The minimum Gasteiger partial charge on any atom is -0.266 e. The lowest BCUT2D eigenvalue weighted by atomic mass is 10.2. The van der Waals surface area contributed by atoms with Crippen LogP contribution in [-0.2, 0) is 10.0 Å². The molecule has 0 bridgehead atoms. The Morgan fingerprint density at radius 3 is 2.59 bits per heavy atom. The van der Waals surface area contributed by atoms with Gasteiger partial charge in [0.2, 0.25) is 10.0 Å². The van der Waals surface area contributed by atoms with Gasteiger partial charge in [0.25, 0.3) is 5.91 Å². The van der Waals surface area contributed by atoms with Crippen molar-refractivity contribution in [3.05, 3.63) is 29.8 Å². The summed E-state index contributed by atoms with van der Waals surface area (Å²) in [6, 6.07) is 5.61. The molecular weight excluding hydrogens is 260 g/mol. The molecule has 0 aliphatic carbocycles. The van der Waals surface area contributed by atoms with Crippen LogP contribution in [0.25, 0.3) is 0 Å². The second-order valence-corrected chi connectivity index (χ2v) is 5.66. The van der Waals surface area contributed by atoms with Crippen molar-refractivity contribution in [1.29, 1.82) is 0 Å². The molecule has 0 atom stereocenters. The summed E-state index contributed by atoms with van der Waals surface area (Å²) in [5, 5.41) is 1.95. The van der Waals surface area contributed by atoms with Gasteiger partial charge in [0, 0.05) is 19.7 Å². The van der Waals surface area contributed by atoms with Crippen LogP contribution in [0.3, 0.4) is 0 Å². The van der Waals surface area contributed by atoms with Crippen molar-refractivity contribution >= 4 is 33.3 Å². The van der Waals surface area contributed by atoms with Crippen molar-refractivity contribution in [3.8, 4) is 0 Å². The van der Waals surface area contributed by atoms with Gasteiger partial charge >= 0.3 is 0 Å². The van der Waals surface area contributed by atoms with Crippen LogP contribution in [0.15, 0.2) is 34.2 Å². The van der Waals surface area contributed by atoms with Crippen LogP contribution in [0.5, 0.6) is 0 Å². The van der Waals surface area contributed by atoms with Crippen LogP contribution in [-0.4, -0.2) is 37.9 Å². The third-order valence-corrected chi connectivity index (χ3v) is 3.91. The molecule has 0 spiro atoms. The number of sulfonamides is 1. The number of benzene rings is 1. The Labute approximate surface area is 105 Å². The van der Waals surface area contributed by atoms with Crippen molar-refractivity contribution in [2.75, 3.05) is 14.1 Å². The lowest BCUT2D eigenvalue weighted by Gasteiger charge is -2.11. The van der Waals surface area contributed by atoms with Gasteiger partial charge in [-0.15, -0.1) is 0 Å². The van der Waals surface area contributed by atoms with Gasteiger partial charge in [0.1, 0.15) is 0 Å². The molecule has 0 aliphatic rings. The number of amides is 1. The van der Waals surface area contributed by atoms with E-state index in [4.69, 9.17) is 0 Å². The van der Waals surface area contributed by atoms with E-state index < -0.39 is 15.9 Å². The van der Waals surface area contributed by atoms with E-state index in [1.165, 1.54) is 38.4 Å². The second kappa shape index (κ2) is 5.29. The first-order valence-electron chi connectivity index (χ1n) is 4.54. The molecule has 7 heteroatoms. The normalized spacial score (nSPS) is 11.0. The molecule has 1 amide bonds. The number of rotatable bonds is 3. The number of aliphatic imine (C=N–C) groups is 1. The van der Waals surface area contributed by atoms with Crippen molar-refractivity contribution in [3.63, 3.8) is 0 Å². The van der Waals surface area contributed by atoms with Crippen LogP contribution in [0.4, 0.5) is 0 Å². The highest BCUT2D eigenvalue weighted by Gasteiger charge is 2.18. The molecule has 1 rings (SSSR count). The van der Waals surface area contributed by atoms with Crippen LogP contribution >= 0.6 is 12.2 Å². The molecule has 0 radical (unpaired) electrons. The molecule has 0 saturated heterocycles. The highest BCUT2D eigenvalue weighted by molar-refractivity contribution is 7.89. The van der Waals surface area contributed by atoms with Crippen molar-refractivity contribution in [2.24, 2.45) is 4.99 Å². The minimum absolute atomic E-state index is 0.0351. The molecule has 0 unspecified atom stereocenters. The Morgan fingerprint density at radius 1 is 1.41 bits per heavy atom. The summed E-state index contributed by atoms with van der Waals surface area (Å²) in [4.78, 5) is 14.7. The Bertz CT molecular complexity index is 587. The first-order valence-corrected chi connectivity index (χ1v) is 6.39. The van der Waals surface area contributed by atoms with E-state index in [1.807, 2.05) is 5.16 Å². The number of nitrogens with zero attached hydrogens (tertiary/aromatic N) is 2. The summed E-state index contributed by atoms with van der Waals surface area (Å²) in [5.74, 6) is -0.615. The number of carbonyl (C=O) groups is 1. The van der Waals surface area contributed by atoms with Crippen molar-refractivity contribution < 1.29 is 13.2 Å². The fraction of sp³-hybridized carbons (Fsp3) is 0.200. The molecule has 0 aliphatic heterocycles. The molecule has 0 fully saturated rings. The maximum absolute atomic E-state index is 11.8. The molecular formula is C10H10N2O3S2. The largest absolute Gasteiger partial charge is 0.285 e. The molecule has 1 aromatic carbocycles. The predicted octanol–water partition coefficient (Wildman–Crippen LogP) is 1.18. The molecule has 0 aromatic heterocycles. The first kappa shape index (κ1) is 13.7. The SMILES string of the molecule is CN(C)S(=O)(=O)c1cccc(C(=O)N=C=S)c1. The Balaban J connectivity index is 3.28. The van der Waals surface area contributed by atoms with Gasteiger partial charge in [-0.1, -0.05) is 6.07 Å². The van der Waals surface area contributed by atoms with E-state index in [2.05, 4.69) is 17.2 Å². The standard InChI is InChI=1S/C10H10N2O3S2/c1-12(2)17(14,15)9-5-3-4-8(6-9)10(13)11-7-16/h3-6H,1-2H3. The van der Waals surface area contributed by atoms with E-state index in [1.54, 1.807) is 0 Å². The Morgan fingerprint density at radius 2 is 2.06 bits per heavy atom. The average Bonchev–Trinajstić information content (AvgIpc) is 2.29. The van der Waals surface area contributed by atoms with E-state index in [0.29, 0.717) is 0 Å². The third kappa shape index (κ3) is 3.04. The van der Waals surface area contributed by atoms with Crippen molar-refractivity contribution in [2.45, 2.75) is 4.90 Å². The topological polar surface area (TPSA) is 66.8 Å². The third-order valence-electron chi connectivity index (χ3n) is 2.01. The molecule has 0 N–H and O–H groups in total. The van der Waals surface area contributed by atoms with E-state index in [0.717, 1.165) is 4.31 Å². The first-order chi connectivity index (χ1) is 7.89. The van der Waals surface area contributed by atoms with Gasteiger partial charge in [0.15, 0.2) is 0 Å². The fourth-order valence-corrected chi connectivity index (χ4v) is 2.14. The minimum atomic E-state index is -3.55. The molecule has 17 heavy (non-hydrogen) atoms. The highest BCUT2D eigenvalue weighted by atomic mass is 32.2. The smallest absolute Gasteiger partial charge is 0.266 e. The maximum atomic E-state index is 11.8. The van der Waals surface area contributed by atoms with Crippen LogP contribution in [0.2, 0.25) is 0 Å². The van der Waals surface area contributed by atoms with Crippen molar-refractivity contribution in [1.82, 2.24) is 4.31 Å². The van der Waals surface area contributed by atoms with Crippen LogP contribution < -0.4 is 0 Å². The fourth-order valence-electron chi connectivity index (χ4n) is 1.11. The lowest BCUT2D eigenvalue weighted by Crippen LogP contribution is -2.22. The Hall–Kier alpha value is -1.40. The Kier molecular flexibility index (Phi) is 4.25. The molecule has 0 heterocycles. The predicted molar refractivity (Wildman–Crippen MR) is 66.7 cm³/mol. The molecule has 1 aromatic rings. The average molecular weight is 270 g/mol. The number of thiocarbonyl (C=S) groups is 1. The molecule has 5 nitrogen and oxygen atoms in total. The summed E-state index contributed by atoms with van der Waals surface area (Å²) in [7, 11) is -0.724. The summed E-state index contributed by atoms with van der Waals surface area (Å²) < 4.78 is 24.7. The van der Waals surface area contributed by atoms with Crippen LogP contribution in [0, 0.1) is 0 Å². The zero-order chi connectivity index (χ0) is 13.1. The zero-order valence-electron chi connectivity index (χ0n) is 9.25. The highest BCUT2D eigenvalue weighted by Crippen LogP contribution is 2.15. The second-order valence-electron chi connectivity index (χ2n) is 3.32. The summed E-state index contributed by atoms with van der Waals surface area (Å²) in [6.07, 6.45) is 0. The van der Waals surface area contributed by atoms with Gasteiger partial charge < -0.3 is 0 Å². The van der Waals surface area contributed by atoms with E-state index in [-0.39, 0.29) is 10.5 Å². The van der Waals surface area contributed by atoms with E-state index in [9.17, 15) is 13.2 Å². The molecule has 0 saturated carbocycles.